The van der Waals surface area contributed by atoms with Crippen LogP contribution >= 0.6 is 0 Å². The van der Waals surface area contributed by atoms with Crippen molar-refractivity contribution in [3.63, 3.8) is 0 Å². The fraction of sp³-hybridized carbons (Fsp3) is 0.625. The van der Waals surface area contributed by atoms with Gasteiger partial charge in [-0.25, -0.2) is 0 Å². The van der Waals surface area contributed by atoms with Gasteiger partial charge in [-0.15, -0.1) is 0 Å². The third-order valence-corrected chi connectivity index (χ3v) is 4.20. The molecule has 1 aromatic carbocycles. The van der Waals surface area contributed by atoms with Crippen molar-refractivity contribution in [3.05, 3.63) is 17.7 Å². The summed E-state index contributed by atoms with van der Waals surface area (Å²) in [4.78, 5) is 2.42. The molecule has 1 fully saturated rings. The van der Waals surface area contributed by atoms with Gasteiger partial charge in [0.05, 0.1) is 7.11 Å². The molecular formula is C16H24N2O3. The van der Waals surface area contributed by atoms with E-state index in [4.69, 9.17) is 14.2 Å². The van der Waals surface area contributed by atoms with Gasteiger partial charge in [-0.2, -0.15) is 0 Å². The Balaban J connectivity index is 1.56. The van der Waals surface area contributed by atoms with E-state index in [1.807, 2.05) is 12.1 Å². The summed E-state index contributed by atoms with van der Waals surface area (Å²) in [5, 5.41) is 3.56. The number of benzene rings is 1. The van der Waals surface area contributed by atoms with Crippen LogP contribution in [0.1, 0.15) is 18.4 Å². The number of likely N-dealkylation sites (tertiary alicyclic amines) is 1. The van der Waals surface area contributed by atoms with Crippen LogP contribution in [-0.4, -0.2) is 45.5 Å². The molecule has 2 aliphatic rings. The summed E-state index contributed by atoms with van der Waals surface area (Å²) < 4.78 is 16.2. The van der Waals surface area contributed by atoms with E-state index < -0.39 is 0 Å². The van der Waals surface area contributed by atoms with Crippen LogP contribution in [0.15, 0.2) is 12.1 Å². The lowest BCUT2D eigenvalue weighted by Crippen LogP contribution is -2.37. The molecule has 3 rings (SSSR count). The van der Waals surface area contributed by atoms with Crippen molar-refractivity contribution < 1.29 is 14.2 Å². The number of hydrogen-bond donors (Lipinski definition) is 1. The highest BCUT2D eigenvalue weighted by Crippen LogP contribution is 2.41. The standard InChI is InChI=1S/C16H24N2O3/c1-18-5-3-4-12(10-18)8-17-9-13-6-14(19-2)16-15(7-13)20-11-21-16/h6-7,12,17H,3-5,8-11H2,1-2H3. The number of hydrogen-bond acceptors (Lipinski definition) is 5. The van der Waals surface area contributed by atoms with Gasteiger partial charge in [-0.05, 0) is 56.6 Å². The first-order valence-electron chi connectivity index (χ1n) is 7.62. The Kier molecular flexibility index (Phi) is 4.51. The molecular weight excluding hydrogens is 268 g/mol. The zero-order valence-electron chi connectivity index (χ0n) is 12.9. The summed E-state index contributed by atoms with van der Waals surface area (Å²) in [6, 6.07) is 4.05. The summed E-state index contributed by atoms with van der Waals surface area (Å²) in [7, 11) is 3.86. The molecule has 116 valence electrons. The number of rotatable bonds is 5. The molecule has 0 saturated carbocycles. The Morgan fingerprint density at radius 1 is 1.38 bits per heavy atom. The summed E-state index contributed by atoms with van der Waals surface area (Å²) in [5.74, 6) is 3.00. The zero-order chi connectivity index (χ0) is 14.7. The van der Waals surface area contributed by atoms with Gasteiger partial charge in [0.15, 0.2) is 11.5 Å². The van der Waals surface area contributed by atoms with Crippen molar-refractivity contribution in [2.75, 3.05) is 40.6 Å². The van der Waals surface area contributed by atoms with Crippen molar-refractivity contribution in [1.29, 1.82) is 0 Å². The maximum atomic E-state index is 5.46. The number of fused-ring (bicyclic) bond motifs is 1. The van der Waals surface area contributed by atoms with Gasteiger partial charge in [0, 0.05) is 13.1 Å². The molecule has 0 bridgehead atoms. The lowest BCUT2D eigenvalue weighted by atomic mass is 9.98. The molecule has 1 atom stereocenters. The molecule has 0 aromatic heterocycles. The number of nitrogens with zero attached hydrogens (tertiary/aromatic N) is 1. The van der Waals surface area contributed by atoms with Gasteiger partial charge < -0.3 is 24.4 Å². The van der Waals surface area contributed by atoms with Crippen molar-refractivity contribution >= 4 is 0 Å². The second kappa shape index (κ2) is 6.54. The molecule has 2 aliphatic heterocycles. The predicted molar refractivity (Wildman–Crippen MR) is 81.0 cm³/mol. The van der Waals surface area contributed by atoms with E-state index in [2.05, 4.69) is 17.3 Å². The highest BCUT2D eigenvalue weighted by Gasteiger charge is 2.20. The Morgan fingerprint density at radius 2 is 2.29 bits per heavy atom. The lowest BCUT2D eigenvalue weighted by Gasteiger charge is -2.29. The second-order valence-electron chi connectivity index (χ2n) is 5.93. The summed E-state index contributed by atoms with van der Waals surface area (Å²) in [6.07, 6.45) is 2.63. The van der Waals surface area contributed by atoms with Crippen LogP contribution in [0.5, 0.6) is 17.2 Å². The van der Waals surface area contributed by atoms with Crippen LogP contribution in [-0.2, 0) is 6.54 Å². The van der Waals surface area contributed by atoms with E-state index in [0.29, 0.717) is 0 Å². The normalized spacial score (nSPS) is 21.5. The highest BCUT2D eigenvalue weighted by molar-refractivity contribution is 5.55. The molecule has 0 spiro atoms. The van der Waals surface area contributed by atoms with E-state index in [1.54, 1.807) is 7.11 Å². The van der Waals surface area contributed by atoms with E-state index in [-0.39, 0.29) is 6.79 Å². The van der Waals surface area contributed by atoms with Crippen LogP contribution in [0.4, 0.5) is 0 Å². The average molecular weight is 292 g/mol. The van der Waals surface area contributed by atoms with Crippen molar-refractivity contribution in [1.82, 2.24) is 10.2 Å². The molecule has 1 aromatic rings. The minimum absolute atomic E-state index is 0.275. The SMILES string of the molecule is COc1cc(CNCC2CCCN(C)C2)cc2c1OCO2. The quantitative estimate of drug-likeness (QED) is 0.897. The maximum Gasteiger partial charge on any atom is 0.231 e. The van der Waals surface area contributed by atoms with Crippen LogP contribution in [0.2, 0.25) is 0 Å². The predicted octanol–water partition coefficient (Wildman–Crippen LogP) is 1.86. The largest absolute Gasteiger partial charge is 0.493 e. The first-order chi connectivity index (χ1) is 10.3. The van der Waals surface area contributed by atoms with E-state index >= 15 is 0 Å². The van der Waals surface area contributed by atoms with Crippen molar-refractivity contribution in [2.24, 2.45) is 5.92 Å². The van der Waals surface area contributed by atoms with Gasteiger partial charge in [-0.1, -0.05) is 0 Å². The Labute approximate surface area is 126 Å². The average Bonchev–Trinajstić information content (AvgIpc) is 2.95. The van der Waals surface area contributed by atoms with Gasteiger partial charge in [0.2, 0.25) is 12.5 Å². The first-order valence-corrected chi connectivity index (χ1v) is 7.62. The van der Waals surface area contributed by atoms with Gasteiger partial charge in [-0.3, -0.25) is 0 Å². The van der Waals surface area contributed by atoms with Crippen LogP contribution in [0.25, 0.3) is 0 Å². The van der Waals surface area contributed by atoms with Gasteiger partial charge >= 0.3 is 0 Å². The molecule has 21 heavy (non-hydrogen) atoms. The van der Waals surface area contributed by atoms with E-state index in [0.717, 1.165) is 36.3 Å². The molecule has 5 heteroatoms. The monoisotopic (exact) mass is 292 g/mol. The third-order valence-electron chi connectivity index (χ3n) is 4.20. The smallest absolute Gasteiger partial charge is 0.231 e. The van der Waals surface area contributed by atoms with Crippen molar-refractivity contribution in [3.8, 4) is 17.2 Å². The number of piperidine rings is 1. The number of ether oxygens (including phenoxy) is 3. The molecule has 2 heterocycles. The van der Waals surface area contributed by atoms with Crippen LogP contribution in [0.3, 0.4) is 0 Å². The van der Waals surface area contributed by atoms with Gasteiger partial charge in [0.25, 0.3) is 0 Å². The minimum Gasteiger partial charge on any atom is -0.493 e. The molecule has 5 nitrogen and oxygen atoms in total. The Bertz CT molecular complexity index is 493. The second-order valence-corrected chi connectivity index (χ2v) is 5.93. The summed E-state index contributed by atoms with van der Waals surface area (Å²) in [5.41, 5.74) is 1.17. The number of methoxy groups -OCH3 is 1. The maximum absolute atomic E-state index is 5.46. The van der Waals surface area contributed by atoms with Crippen molar-refractivity contribution in [2.45, 2.75) is 19.4 Å². The lowest BCUT2D eigenvalue weighted by molar-refractivity contribution is 0.171. The molecule has 1 saturated heterocycles. The molecule has 0 radical (unpaired) electrons. The minimum atomic E-state index is 0.275. The molecule has 0 amide bonds. The Morgan fingerprint density at radius 3 is 3.10 bits per heavy atom. The summed E-state index contributed by atoms with van der Waals surface area (Å²) in [6.45, 7) is 4.58. The summed E-state index contributed by atoms with van der Waals surface area (Å²) >= 11 is 0. The fourth-order valence-electron chi connectivity index (χ4n) is 3.15. The van der Waals surface area contributed by atoms with Crippen LogP contribution in [0, 0.1) is 5.92 Å². The zero-order valence-corrected chi connectivity index (χ0v) is 12.9. The molecule has 0 aliphatic carbocycles. The highest BCUT2D eigenvalue weighted by atomic mass is 16.7. The topological polar surface area (TPSA) is 43.0 Å². The molecule has 1 N–H and O–H groups in total. The number of nitrogens with one attached hydrogen (secondary N) is 1. The third kappa shape index (κ3) is 3.41. The van der Waals surface area contributed by atoms with Gasteiger partial charge in [0.1, 0.15) is 0 Å². The van der Waals surface area contributed by atoms with E-state index in [1.165, 1.54) is 31.5 Å². The van der Waals surface area contributed by atoms with Crippen LogP contribution < -0.4 is 19.5 Å². The fourth-order valence-corrected chi connectivity index (χ4v) is 3.15. The van der Waals surface area contributed by atoms with E-state index in [9.17, 15) is 0 Å². The molecule has 1 unspecified atom stereocenters. The first kappa shape index (κ1) is 14.5. The Hall–Kier alpha value is -1.46.